The second kappa shape index (κ2) is 4.85. The van der Waals surface area contributed by atoms with E-state index < -0.39 is 0 Å². The summed E-state index contributed by atoms with van der Waals surface area (Å²) in [5, 5.41) is 0. The number of nitrogens with two attached hydrogens (primary N) is 1. The molecule has 1 aromatic carbocycles. The zero-order valence-corrected chi connectivity index (χ0v) is 11.3. The maximum atomic E-state index is 12.0. The summed E-state index contributed by atoms with van der Waals surface area (Å²) in [7, 11) is 0. The average molecular weight is 258 g/mol. The fourth-order valence-electron chi connectivity index (χ4n) is 1.75. The van der Waals surface area contributed by atoms with Gasteiger partial charge in [-0.25, -0.2) is 4.98 Å². The first-order valence-electron chi connectivity index (χ1n) is 6.09. The lowest BCUT2D eigenvalue weighted by Crippen LogP contribution is -2.30. The van der Waals surface area contributed by atoms with Crippen LogP contribution in [-0.2, 0) is 0 Å². The van der Waals surface area contributed by atoms with Crippen LogP contribution in [0.2, 0.25) is 0 Å². The predicted molar refractivity (Wildman–Crippen MR) is 77.1 cm³/mol. The number of aromatic nitrogens is 2. The Morgan fingerprint density at radius 3 is 2.68 bits per heavy atom. The second-order valence-corrected chi connectivity index (χ2v) is 5.42. The van der Waals surface area contributed by atoms with Crippen molar-refractivity contribution in [2.45, 2.75) is 20.8 Å². The highest BCUT2D eigenvalue weighted by Gasteiger charge is 2.17. The Labute approximate surface area is 111 Å². The summed E-state index contributed by atoms with van der Waals surface area (Å²) >= 11 is 0. The number of H-pyrrole nitrogens is 1. The van der Waals surface area contributed by atoms with Crippen molar-refractivity contribution in [1.82, 2.24) is 15.4 Å². The highest BCUT2D eigenvalue weighted by molar-refractivity contribution is 5.74. The van der Waals surface area contributed by atoms with Crippen molar-refractivity contribution in [3.8, 4) is 0 Å². The van der Waals surface area contributed by atoms with Gasteiger partial charge in [-0.3, -0.25) is 10.6 Å². The highest BCUT2D eigenvalue weighted by Crippen LogP contribution is 2.23. The van der Waals surface area contributed by atoms with Crippen molar-refractivity contribution in [1.29, 1.82) is 0 Å². The maximum absolute atomic E-state index is 12.0. The molecule has 2 aromatic rings. The van der Waals surface area contributed by atoms with Gasteiger partial charge in [0.15, 0.2) is 0 Å². The molecule has 100 valence electrons. The Morgan fingerprint density at radius 1 is 1.37 bits per heavy atom. The highest BCUT2D eigenvalue weighted by atomic mass is 16.1. The van der Waals surface area contributed by atoms with Crippen LogP contribution in [0.5, 0.6) is 0 Å². The van der Waals surface area contributed by atoms with Crippen LogP contribution in [0, 0.1) is 5.41 Å². The average Bonchev–Trinajstić information content (AvgIpc) is 2.34. The van der Waals surface area contributed by atoms with Gasteiger partial charge in [-0.15, -0.1) is 0 Å². The molecule has 0 amide bonds. The lowest BCUT2D eigenvalue weighted by Gasteiger charge is -2.22. The predicted octanol–water partition coefficient (Wildman–Crippen LogP) is 1.77. The van der Waals surface area contributed by atoms with E-state index in [0.29, 0.717) is 5.69 Å². The fourth-order valence-corrected chi connectivity index (χ4v) is 1.75. The monoisotopic (exact) mass is 258 g/mol. The first-order valence-corrected chi connectivity index (χ1v) is 6.09. The van der Waals surface area contributed by atoms with E-state index in [-0.39, 0.29) is 11.0 Å². The van der Waals surface area contributed by atoms with E-state index in [9.17, 15) is 4.79 Å². The van der Waals surface area contributed by atoms with Crippen LogP contribution in [0.1, 0.15) is 26.5 Å². The molecule has 0 fully saturated rings. The minimum Gasteiger partial charge on any atom is -0.328 e. The minimum absolute atomic E-state index is 0.186. The molecule has 0 bridgehead atoms. The summed E-state index contributed by atoms with van der Waals surface area (Å²) in [6.07, 6.45) is 1.69. The smallest absolute Gasteiger partial charge is 0.274 e. The van der Waals surface area contributed by atoms with Gasteiger partial charge in [-0.2, -0.15) is 0 Å². The molecule has 4 N–H and O–H groups in total. The van der Waals surface area contributed by atoms with Crippen LogP contribution in [0.15, 0.2) is 34.8 Å². The van der Waals surface area contributed by atoms with Crippen molar-refractivity contribution in [3.63, 3.8) is 0 Å². The first kappa shape index (κ1) is 13.3. The van der Waals surface area contributed by atoms with E-state index in [4.69, 9.17) is 5.84 Å². The standard InChI is InChI=1S/C14H18N4O/c1-14(2,3)12(18-15)8-11-13(19)17-10-7-5-4-6-9(10)16-11/h4-8,18H,15H2,1-3H3,(H,17,19)/b12-8+. The summed E-state index contributed by atoms with van der Waals surface area (Å²) in [5.41, 5.74) is 4.79. The third-order valence-electron chi connectivity index (χ3n) is 2.87. The van der Waals surface area contributed by atoms with Crippen molar-refractivity contribution in [3.05, 3.63) is 46.0 Å². The van der Waals surface area contributed by atoms with Crippen molar-refractivity contribution < 1.29 is 0 Å². The number of nitrogens with zero attached hydrogens (tertiary/aromatic N) is 1. The van der Waals surface area contributed by atoms with Crippen LogP contribution in [0.25, 0.3) is 17.1 Å². The molecule has 1 aromatic heterocycles. The largest absolute Gasteiger partial charge is 0.328 e. The minimum atomic E-state index is -0.226. The molecular weight excluding hydrogens is 240 g/mol. The Bertz CT molecular complexity index is 680. The molecule has 0 unspecified atom stereocenters. The molecule has 2 rings (SSSR count). The van der Waals surface area contributed by atoms with Gasteiger partial charge in [0, 0.05) is 11.1 Å². The van der Waals surface area contributed by atoms with Crippen LogP contribution in [-0.4, -0.2) is 9.97 Å². The van der Waals surface area contributed by atoms with Gasteiger partial charge in [-0.05, 0) is 18.2 Å². The number of aromatic amines is 1. The number of hydrogen-bond acceptors (Lipinski definition) is 4. The van der Waals surface area contributed by atoms with E-state index in [0.717, 1.165) is 16.7 Å². The lowest BCUT2D eigenvalue weighted by atomic mass is 9.91. The Balaban J connectivity index is 2.60. The number of allylic oxidation sites excluding steroid dienone is 1. The van der Waals surface area contributed by atoms with Gasteiger partial charge < -0.3 is 10.4 Å². The summed E-state index contributed by atoms with van der Waals surface area (Å²) in [4.78, 5) is 19.1. The number of para-hydroxylation sites is 2. The van der Waals surface area contributed by atoms with Crippen LogP contribution >= 0.6 is 0 Å². The molecule has 5 nitrogen and oxygen atoms in total. The van der Waals surface area contributed by atoms with E-state index in [1.165, 1.54) is 0 Å². The van der Waals surface area contributed by atoms with Gasteiger partial charge in [0.05, 0.1) is 11.0 Å². The number of hydrogen-bond donors (Lipinski definition) is 3. The third kappa shape index (κ3) is 2.82. The summed E-state index contributed by atoms with van der Waals surface area (Å²) < 4.78 is 0. The van der Waals surface area contributed by atoms with Crippen molar-refractivity contribution in [2.24, 2.45) is 11.3 Å². The number of fused-ring (bicyclic) bond motifs is 1. The molecular formula is C14H18N4O. The third-order valence-corrected chi connectivity index (χ3v) is 2.87. The van der Waals surface area contributed by atoms with Gasteiger partial charge in [0.25, 0.3) is 5.56 Å². The summed E-state index contributed by atoms with van der Waals surface area (Å²) in [6.45, 7) is 6.02. The topological polar surface area (TPSA) is 83.8 Å². The molecule has 0 radical (unpaired) electrons. The summed E-state index contributed by atoms with van der Waals surface area (Å²) in [6, 6.07) is 7.42. The molecule has 0 atom stereocenters. The Morgan fingerprint density at radius 2 is 2.05 bits per heavy atom. The molecule has 19 heavy (non-hydrogen) atoms. The number of hydrazine groups is 1. The molecule has 0 aliphatic heterocycles. The lowest BCUT2D eigenvalue weighted by molar-refractivity contribution is 0.468. The first-order chi connectivity index (χ1) is 8.91. The van der Waals surface area contributed by atoms with Crippen molar-refractivity contribution in [2.75, 3.05) is 0 Å². The molecule has 0 aliphatic carbocycles. The number of rotatable bonds is 2. The van der Waals surface area contributed by atoms with E-state index >= 15 is 0 Å². The van der Waals surface area contributed by atoms with Gasteiger partial charge in [-0.1, -0.05) is 32.9 Å². The molecule has 0 saturated carbocycles. The quantitative estimate of drug-likeness (QED) is 0.566. The molecule has 1 heterocycles. The number of nitrogens with one attached hydrogen (secondary N) is 2. The van der Waals surface area contributed by atoms with E-state index in [1.807, 2.05) is 45.0 Å². The van der Waals surface area contributed by atoms with Gasteiger partial charge >= 0.3 is 0 Å². The Kier molecular flexibility index (Phi) is 3.40. The van der Waals surface area contributed by atoms with Crippen LogP contribution in [0.4, 0.5) is 0 Å². The maximum Gasteiger partial charge on any atom is 0.274 e. The zero-order chi connectivity index (χ0) is 14.0. The number of benzene rings is 1. The van der Waals surface area contributed by atoms with Crippen molar-refractivity contribution >= 4 is 17.1 Å². The fraction of sp³-hybridized carbons (Fsp3) is 0.286. The molecule has 0 saturated heterocycles. The van der Waals surface area contributed by atoms with E-state index in [1.54, 1.807) is 6.08 Å². The van der Waals surface area contributed by atoms with Crippen LogP contribution in [0.3, 0.4) is 0 Å². The summed E-state index contributed by atoms with van der Waals surface area (Å²) in [5.74, 6) is 5.51. The molecule has 0 spiro atoms. The molecule has 5 heteroatoms. The molecule has 0 aliphatic rings. The van der Waals surface area contributed by atoms with E-state index in [2.05, 4.69) is 15.4 Å². The second-order valence-electron chi connectivity index (χ2n) is 5.42. The van der Waals surface area contributed by atoms with Gasteiger partial charge in [0.2, 0.25) is 0 Å². The Hall–Kier alpha value is -2.14. The zero-order valence-electron chi connectivity index (χ0n) is 11.3. The van der Waals surface area contributed by atoms with Crippen LogP contribution < -0.4 is 16.8 Å². The normalized spacial score (nSPS) is 12.7. The van der Waals surface area contributed by atoms with Gasteiger partial charge in [0.1, 0.15) is 5.69 Å². The SMILES string of the molecule is CC(C)(C)/C(=C\c1nc2ccccc2[nH]c1=O)NN.